The number of amides is 4. The Morgan fingerprint density at radius 3 is 2.64 bits per heavy atom. The predicted molar refractivity (Wildman–Crippen MR) is 91.9 cm³/mol. The zero-order chi connectivity index (χ0) is 20.6. The molecule has 0 unspecified atom stereocenters. The maximum atomic E-state index is 13.6. The third-order valence-corrected chi connectivity index (χ3v) is 4.85. The highest BCUT2D eigenvalue weighted by atomic mass is 19.1. The second-order valence-corrected chi connectivity index (χ2v) is 7.04. The summed E-state index contributed by atoms with van der Waals surface area (Å²) in [5.41, 5.74) is -1.30. The maximum Gasteiger partial charge on any atom is 0.327 e. The normalized spacial score (nSPS) is 22.6. The van der Waals surface area contributed by atoms with Gasteiger partial charge in [-0.3, -0.25) is 19.3 Å². The monoisotopic (exact) mass is 395 g/mol. The number of imide groups is 1. The molecule has 1 aromatic carbocycles. The molecule has 3 rings (SSSR count). The van der Waals surface area contributed by atoms with E-state index in [1.807, 2.05) is 0 Å². The van der Waals surface area contributed by atoms with Gasteiger partial charge in [-0.15, -0.1) is 0 Å². The molecule has 8 nitrogen and oxygen atoms in total. The number of ether oxygens (including phenoxy) is 1. The van der Waals surface area contributed by atoms with Crippen LogP contribution in [0.3, 0.4) is 0 Å². The van der Waals surface area contributed by atoms with Gasteiger partial charge in [-0.25, -0.2) is 13.6 Å². The van der Waals surface area contributed by atoms with Crippen LogP contribution < -0.4 is 10.6 Å². The average molecular weight is 395 g/mol. The first-order valence-electron chi connectivity index (χ1n) is 8.71. The molecule has 1 aromatic rings. The summed E-state index contributed by atoms with van der Waals surface area (Å²) < 4.78 is 31.4. The fourth-order valence-electron chi connectivity index (χ4n) is 3.04. The first-order valence-corrected chi connectivity index (χ1v) is 8.71. The van der Waals surface area contributed by atoms with Gasteiger partial charge in [0.15, 0.2) is 6.10 Å². The molecule has 150 valence electrons. The summed E-state index contributed by atoms with van der Waals surface area (Å²) in [4.78, 5) is 49.4. The molecule has 0 bridgehead atoms. The van der Waals surface area contributed by atoms with Gasteiger partial charge >= 0.3 is 12.0 Å². The first-order chi connectivity index (χ1) is 13.1. The SMILES string of the molecule is C[C@H](OC(=O)CN1C(=O)N[C@](C)(C2CC2)C1=O)C(=O)Nc1ccc(F)cc1F. The van der Waals surface area contributed by atoms with E-state index in [4.69, 9.17) is 4.74 Å². The van der Waals surface area contributed by atoms with Crippen LogP contribution in [0.25, 0.3) is 0 Å². The molecule has 1 saturated carbocycles. The molecule has 28 heavy (non-hydrogen) atoms. The number of anilines is 1. The van der Waals surface area contributed by atoms with E-state index in [1.165, 1.54) is 6.92 Å². The molecule has 0 aromatic heterocycles. The third-order valence-electron chi connectivity index (χ3n) is 4.85. The van der Waals surface area contributed by atoms with Crippen LogP contribution in [0.1, 0.15) is 26.7 Å². The number of nitrogens with zero attached hydrogens (tertiary/aromatic N) is 1. The lowest BCUT2D eigenvalue weighted by Gasteiger charge is -2.21. The first kappa shape index (κ1) is 19.7. The van der Waals surface area contributed by atoms with Crippen molar-refractivity contribution in [3.63, 3.8) is 0 Å². The van der Waals surface area contributed by atoms with Gasteiger partial charge in [-0.1, -0.05) is 0 Å². The predicted octanol–water partition coefficient (Wildman–Crippen LogP) is 1.56. The Bertz CT molecular complexity index is 858. The minimum absolute atomic E-state index is 0.0419. The van der Waals surface area contributed by atoms with Gasteiger partial charge in [0.25, 0.3) is 11.8 Å². The van der Waals surface area contributed by atoms with Crippen molar-refractivity contribution in [2.24, 2.45) is 5.92 Å². The van der Waals surface area contributed by atoms with Crippen molar-refractivity contribution in [2.45, 2.75) is 38.3 Å². The van der Waals surface area contributed by atoms with E-state index in [0.29, 0.717) is 6.07 Å². The van der Waals surface area contributed by atoms with Gasteiger partial charge in [-0.05, 0) is 44.7 Å². The summed E-state index contributed by atoms with van der Waals surface area (Å²) in [5, 5.41) is 4.77. The molecule has 1 aliphatic carbocycles. The van der Waals surface area contributed by atoms with E-state index in [1.54, 1.807) is 6.92 Å². The highest BCUT2D eigenvalue weighted by Gasteiger charge is 2.56. The van der Waals surface area contributed by atoms with Crippen molar-refractivity contribution in [1.29, 1.82) is 0 Å². The maximum absolute atomic E-state index is 13.6. The molecule has 0 spiro atoms. The smallest absolute Gasteiger partial charge is 0.327 e. The second-order valence-electron chi connectivity index (χ2n) is 7.04. The van der Waals surface area contributed by atoms with Crippen LogP contribution in [0.5, 0.6) is 0 Å². The Kier molecular flexibility index (Phi) is 5.05. The van der Waals surface area contributed by atoms with Gasteiger partial charge in [0.1, 0.15) is 23.7 Å². The van der Waals surface area contributed by atoms with Gasteiger partial charge in [0, 0.05) is 6.07 Å². The highest BCUT2D eigenvalue weighted by Crippen LogP contribution is 2.42. The molecule has 10 heteroatoms. The molecule has 1 saturated heterocycles. The fraction of sp³-hybridized carbons (Fsp3) is 0.444. The topological polar surface area (TPSA) is 105 Å². The molecule has 0 radical (unpaired) electrons. The molecule has 2 fully saturated rings. The molecule has 2 N–H and O–H groups in total. The van der Waals surface area contributed by atoms with Crippen LogP contribution in [0.4, 0.5) is 19.3 Å². The van der Waals surface area contributed by atoms with Crippen molar-refractivity contribution >= 4 is 29.5 Å². The minimum Gasteiger partial charge on any atom is -0.451 e. The van der Waals surface area contributed by atoms with Crippen LogP contribution in [0.2, 0.25) is 0 Å². The van der Waals surface area contributed by atoms with Crippen molar-refractivity contribution in [3.8, 4) is 0 Å². The summed E-state index contributed by atoms with van der Waals surface area (Å²) in [7, 11) is 0. The van der Waals surface area contributed by atoms with Crippen LogP contribution in [0, 0.1) is 17.6 Å². The lowest BCUT2D eigenvalue weighted by molar-refractivity contribution is -0.155. The molecule has 1 heterocycles. The van der Waals surface area contributed by atoms with Gasteiger partial charge in [0.2, 0.25) is 0 Å². The summed E-state index contributed by atoms with van der Waals surface area (Å²) in [5.74, 6) is -4.07. The number of hydrogen-bond acceptors (Lipinski definition) is 5. The molecule has 2 aliphatic rings. The summed E-state index contributed by atoms with van der Waals surface area (Å²) in [6, 6.07) is 1.90. The standard InChI is InChI=1S/C18H19F2N3O5/c1-9(15(25)21-13-6-5-11(19)7-12(13)20)28-14(24)8-23-16(26)18(2,10-3-4-10)22-17(23)27/h5-7,9-10H,3-4,8H2,1-2H3,(H,21,25)(H,22,27)/t9-,18+/m0/s1. The zero-order valence-electron chi connectivity index (χ0n) is 15.3. The number of hydrogen-bond donors (Lipinski definition) is 2. The second kappa shape index (κ2) is 7.17. The third kappa shape index (κ3) is 3.80. The van der Waals surface area contributed by atoms with Gasteiger partial charge in [0.05, 0.1) is 5.69 Å². The van der Waals surface area contributed by atoms with Crippen molar-refractivity contribution in [2.75, 3.05) is 11.9 Å². The van der Waals surface area contributed by atoms with E-state index in [2.05, 4.69) is 10.6 Å². The summed E-state index contributed by atoms with van der Waals surface area (Å²) >= 11 is 0. The van der Waals surface area contributed by atoms with E-state index < -0.39 is 53.6 Å². The van der Waals surface area contributed by atoms with Gasteiger partial charge < -0.3 is 15.4 Å². The molecule has 4 amide bonds. The lowest BCUT2D eigenvalue weighted by Crippen LogP contribution is -2.46. The quantitative estimate of drug-likeness (QED) is 0.562. The van der Waals surface area contributed by atoms with Crippen LogP contribution in [0.15, 0.2) is 18.2 Å². The average Bonchev–Trinajstić information content (AvgIpc) is 3.43. The van der Waals surface area contributed by atoms with Gasteiger partial charge in [-0.2, -0.15) is 0 Å². The van der Waals surface area contributed by atoms with Crippen molar-refractivity contribution in [1.82, 2.24) is 10.2 Å². The van der Waals surface area contributed by atoms with Crippen LogP contribution in [-0.2, 0) is 19.1 Å². The van der Waals surface area contributed by atoms with E-state index in [9.17, 15) is 28.0 Å². The number of halogens is 2. The number of nitrogens with one attached hydrogen (secondary N) is 2. The number of carbonyl (C=O) groups excluding carboxylic acids is 4. The lowest BCUT2D eigenvalue weighted by atomic mass is 9.96. The Morgan fingerprint density at radius 1 is 1.36 bits per heavy atom. The zero-order valence-corrected chi connectivity index (χ0v) is 15.3. The van der Waals surface area contributed by atoms with Crippen molar-refractivity contribution in [3.05, 3.63) is 29.8 Å². The number of urea groups is 1. The fourth-order valence-corrected chi connectivity index (χ4v) is 3.04. The van der Waals surface area contributed by atoms with E-state index >= 15 is 0 Å². The summed E-state index contributed by atoms with van der Waals surface area (Å²) in [6.07, 6.45) is 0.308. The minimum atomic E-state index is -1.33. The van der Waals surface area contributed by atoms with Crippen molar-refractivity contribution < 1.29 is 32.7 Å². The molecular formula is C18H19F2N3O5. The Hall–Kier alpha value is -3.04. The van der Waals surface area contributed by atoms with Crippen LogP contribution >= 0.6 is 0 Å². The number of carbonyl (C=O) groups is 4. The highest BCUT2D eigenvalue weighted by molar-refractivity contribution is 6.09. The Balaban J connectivity index is 1.56. The Labute approximate surface area is 159 Å². The molecule has 1 aliphatic heterocycles. The molecule has 2 atom stereocenters. The van der Waals surface area contributed by atoms with E-state index in [0.717, 1.165) is 29.9 Å². The largest absolute Gasteiger partial charge is 0.451 e. The number of benzene rings is 1. The molecular weight excluding hydrogens is 376 g/mol. The van der Waals surface area contributed by atoms with E-state index in [-0.39, 0.29) is 11.6 Å². The summed E-state index contributed by atoms with van der Waals surface area (Å²) in [6.45, 7) is 2.22. The number of rotatable bonds is 6. The van der Waals surface area contributed by atoms with Crippen LogP contribution in [-0.4, -0.2) is 46.9 Å². The number of esters is 1. The Morgan fingerprint density at radius 2 is 2.04 bits per heavy atom.